The molecule has 0 atom stereocenters. The average Bonchev–Trinajstić information content (AvgIpc) is 2.59. The van der Waals surface area contributed by atoms with Crippen molar-refractivity contribution in [1.29, 1.82) is 0 Å². The molecule has 0 fully saturated rings. The van der Waals surface area contributed by atoms with Crippen molar-refractivity contribution in [3.05, 3.63) is 24.4 Å². The Morgan fingerprint density at radius 2 is 2.13 bits per heavy atom. The molecule has 0 saturated heterocycles. The molecule has 5 heteroatoms. The van der Waals surface area contributed by atoms with Crippen LogP contribution >= 0.6 is 11.8 Å². The molecule has 2 N–H and O–H groups in total. The molecular weight excluding hydrogens is 218 g/mol. The summed E-state index contributed by atoms with van der Waals surface area (Å²) in [6, 6.07) is 5.05. The number of nitrogens with two attached hydrogens (primary N) is 1. The van der Waals surface area contributed by atoms with E-state index in [0.717, 1.165) is 14.8 Å². The van der Waals surface area contributed by atoms with Crippen molar-refractivity contribution in [2.24, 2.45) is 0 Å². The summed E-state index contributed by atoms with van der Waals surface area (Å²) in [5.74, 6) is 0. The zero-order chi connectivity index (χ0) is 11.0. The number of halogens is 2. The number of hydrogen-bond acceptors (Lipinski definition) is 2. The topological polar surface area (TPSA) is 30.9 Å². The summed E-state index contributed by atoms with van der Waals surface area (Å²) in [5, 5.41) is 0.817. The standard InChI is InChI=1S/C10H10F2N2S/c1-15-9-5-6(13)4-8-7(9)2-3-14(8)10(11)12/h2-5,10H,13H2,1H3. The fourth-order valence-corrected chi connectivity index (χ4v) is 2.23. The SMILES string of the molecule is CSc1cc(N)cc2c1ccn2C(F)F. The molecule has 15 heavy (non-hydrogen) atoms. The maximum atomic E-state index is 12.6. The van der Waals surface area contributed by atoms with E-state index in [1.54, 1.807) is 18.2 Å². The minimum Gasteiger partial charge on any atom is -0.399 e. The number of fused-ring (bicyclic) bond motifs is 1. The Balaban J connectivity index is 2.75. The van der Waals surface area contributed by atoms with Gasteiger partial charge in [-0.15, -0.1) is 11.8 Å². The van der Waals surface area contributed by atoms with Crippen molar-refractivity contribution in [3.63, 3.8) is 0 Å². The number of rotatable bonds is 2. The second-order valence-corrected chi connectivity index (χ2v) is 4.00. The first-order valence-corrected chi connectivity index (χ1v) is 5.58. The smallest absolute Gasteiger partial charge is 0.319 e. The van der Waals surface area contributed by atoms with Crippen LogP contribution in [0, 0.1) is 0 Å². The van der Waals surface area contributed by atoms with Gasteiger partial charge in [0.25, 0.3) is 0 Å². The molecule has 0 radical (unpaired) electrons. The van der Waals surface area contributed by atoms with Gasteiger partial charge in [0.05, 0.1) is 5.52 Å². The zero-order valence-corrected chi connectivity index (χ0v) is 8.89. The summed E-state index contributed by atoms with van der Waals surface area (Å²) in [7, 11) is 0. The third-order valence-corrected chi connectivity index (χ3v) is 3.03. The van der Waals surface area contributed by atoms with Gasteiger partial charge in [-0.2, -0.15) is 8.78 Å². The van der Waals surface area contributed by atoms with Gasteiger partial charge >= 0.3 is 6.55 Å². The van der Waals surface area contributed by atoms with E-state index in [1.165, 1.54) is 18.0 Å². The minimum atomic E-state index is -2.53. The predicted molar refractivity (Wildman–Crippen MR) is 59.4 cm³/mol. The molecule has 0 aliphatic carbocycles. The Bertz CT molecular complexity index is 493. The Morgan fingerprint density at radius 3 is 2.73 bits per heavy atom. The highest BCUT2D eigenvalue weighted by molar-refractivity contribution is 7.98. The van der Waals surface area contributed by atoms with E-state index in [0.29, 0.717) is 11.2 Å². The highest BCUT2D eigenvalue weighted by Crippen LogP contribution is 2.31. The van der Waals surface area contributed by atoms with Gasteiger partial charge in [-0.25, -0.2) is 0 Å². The second kappa shape index (κ2) is 3.73. The van der Waals surface area contributed by atoms with Crippen LogP contribution in [0.15, 0.2) is 29.3 Å². The Labute approximate surface area is 90.1 Å². The van der Waals surface area contributed by atoms with E-state index < -0.39 is 6.55 Å². The molecule has 0 spiro atoms. The van der Waals surface area contributed by atoms with Crippen LogP contribution in [-0.4, -0.2) is 10.8 Å². The van der Waals surface area contributed by atoms with E-state index in [2.05, 4.69) is 0 Å². The van der Waals surface area contributed by atoms with E-state index in [9.17, 15) is 8.78 Å². The second-order valence-electron chi connectivity index (χ2n) is 3.16. The van der Waals surface area contributed by atoms with Crippen molar-refractivity contribution >= 4 is 28.4 Å². The summed E-state index contributed by atoms with van der Waals surface area (Å²) < 4.78 is 26.1. The summed E-state index contributed by atoms with van der Waals surface area (Å²) in [4.78, 5) is 0.921. The van der Waals surface area contributed by atoms with Crippen molar-refractivity contribution in [2.45, 2.75) is 11.4 Å². The Kier molecular flexibility index (Phi) is 2.56. The average molecular weight is 228 g/mol. The molecule has 0 unspecified atom stereocenters. The van der Waals surface area contributed by atoms with E-state index in [1.807, 2.05) is 6.26 Å². The molecule has 0 amide bonds. The molecule has 80 valence electrons. The minimum absolute atomic E-state index is 0.481. The number of nitrogen functional groups attached to an aromatic ring is 1. The fraction of sp³-hybridized carbons (Fsp3) is 0.200. The molecular formula is C10H10F2N2S. The molecule has 0 saturated carbocycles. The Morgan fingerprint density at radius 1 is 1.40 bits per heavy atom. The Hall–Kier alpha value is -1.23. The molecule has 2 rings (SSSR count). The van der Waals surface area contributed by atoms with Crippen molar-refractivity contribution in [1.82, 2.24) is 4.57 Å². The summed E-state index contributed by atoms with van der Waals surface area (Å²) in [6.07, 6.45) is 3.28. The lowest BCUT2D eigenvalue weighted by Crippen LogP contribution is -1.96. The quantitative estimate of drug-likeness (QED) is 0.631. The van der Waals surface area contributed by atoms with Gasteiger partial charge < -0.3 is 5.73 Å². The maximum Gasteiger partial charge on any atom is 0.319 e. The zero-order valence-electron chi connectivity index (χ0n) is 8.08. The van der Waals surface area contributed by atoms with E-state index >= 15 is 0 Å². The normalized spacial score (nSPS) is 11.5. The third kappa shape index (κ3) is 1.67. The highest BCUT2D eigenvalue weighted by atomic mass is 32.2. The fourth-order valence-electron chi connectivity index (χ4n) is 1.59. The largest absolute Gasteiger partial charge is 0.399 e. The van der Waals surface area contributed by atoms with Crippen molar-refractivity contribution in [3.8, 4) is 0 Å². The number of alkyl halides is 2. The lowest BCUT2D eigenvalue weighted by molar-refractivity contribution is 0.0752. The van der Waals surface area contributed by atoms with Crippen LogP contribution in [0.4, 0.5) is 14.5 Å². The van der Waals surface area contributed by atoms with Gasteiger partial charge in [0.2, 0.25) is 0 Å². The maximum absolute atomic E-state index is 12.6. The lowest BCUT2D eigenvalue weighted by Gasteiger charge is -2.06. The molecule has 1 aromatic heterocycles. The van der Waals surface area contributed by atoms with Crippen LogP contribution in [0.25, 0.3) is 10.9 Å². The first-order chi connectivity index (χ1) is 7.13. The number of hydrogen-bond donors (Lipinski definition) is 1. The third-order valence-electron chi connectivity index (χ3n) is 2.25. The van der Waals surface area contributed by atoms with Gasteiger partial charge in [0.15, 0.2) is 0 Å². The highest BCUT2D eigenvalue weighted by Gasteiger charge is 2.12. The van der Waals surface area contributed by atoms with E-state index in [4.69, 9.17) is 5.73 Å². The molecule has 2 aromatic rings. The van der Waals surface area contributed by atoms with Gasteiger partial charge in [-0.1, -0.05) is 0 Å². The number of anilines is 1. The number of thioether (sulfide) groups is 1. The van der Waals surface area contributed by atoms with Crippen molar-refractivity contribution < 1.29 is 8.78 Å². The van der Waals surface area contributed by atoms with Crippen LogP contribution in [0.1, 0.15) is 6.55 Å². The molecule has 1 heterocycles. The molecule has 0 bridgehead atoms. The first-order valence-electron chi connectivity index (χ1n) is 4.35. The summed E-state index contributed by atoms with van der Waals surface area (Å²) >= 11 is 1.50. The van der Waals surface area contributed by atoms with Gasteiger partial charge in [-0.05, 0) is 24.5 Å². The lowest BCUT2D eigenvalue weighted by atomic mass is 10.2. The van der Waals surface area contributed by atoms with Gasteiger partial charge in [0.1, 0.15) is 0 Å². The predicted octanol–water partition coefficient (Wildman–Crippen LogP) is 3.34. The molecule has 0 aliphatic rings. The van der Waals surface area contributed by atoms with Crippen LogP contribution in [-0.2, 0) is 0 Å². The molecule has 0 aliphatic heterocycles. The summed E-state index contributed by atoms with van der Waals surface area (Å²) in [6.45, 7) is -2.53. The molecule has 2 nitrogen and oxygen atoms in total. The van der Waals surface area contributed by atoms with Crippen LogP contribution < -0.4 is 5.73 Å². The molecule has 1 aromatic carbocycles. The first kappa shape index (κ1) is 10.3. The summed E-state index contributed by atoms with van der Waals surface area (Å²) in [5.41, 5.74) is 6.64. The van der Waals surface area contributed by atoms with E-state index in [-0.39, 0.29) is 0 Å². The van der Waals surface area contributed by atoms with Crippen LogP contribution in [0.3, 0.4) is 0 Å². The van der Waals surface area contributed by atoms with Gasteiger partial charge in [0, 0.05) is 22.2 Å². The van der Waals surface area contributed by atoms with Gasteiger partial charge in [-0.3, -0.25) is 4.57 Å². The number of aromatic nitrogens is 1. The van der Waals surface area contributed by atoms with Crippen LogP contribution in [0.2, 0.25) is 0 Å². The number of nitrogens with zero attached hydrogens (tertiary/aromatic N) is 1. The monoisotopic (exact) mass is 228 g/mol. The number of benzene rings is 1. The van der Waals surface area contributed by atoms with Crippen molar-refractivity contribution in [2.75, 3.05) is 12.0 Å². The van der Waals surface area contributed by atoms with Crippen LogP contribution in [0.5, 0.6) is 0 Å².